The number of pyridine rings is 1. The lowest BCUT2D eigenvalue weighted by Crippen LogP contribution is -2.31. The molecule has 1 aromatic heterocycles. The maximum atomic E-state index is 12.8. The minimum atomic E-state index is -3.63. The molecule has 4 rings (SSSR count). The second kappa shape index (κ2) is 6.87. The molecule has 2 aromatic carbocycles. The van der Waals surface area contributed by atoms with E-state index in [1.165, 1.54) is 10.4 Å². The summed E-state index contributed by atoms with van der Waals surface area (Å²) in [6.45, 7) is 0.688. The van der Waals surface area contributed by atoms with E-state index >= 15 is 0 Å². The van der Waals surface area contributed by atoms with Crippen LogP contribution in [0.5, 0.6) is 5.75 Å². The van der Waals surface area contributed by atoms with Gasteiger partial charge in [0.2, 0.25) is 10.0 Å². The van der Waals surface area contributed by atoms with Gasteiger partial charge in [-0.05, 0) is 30.7 Å². The summed E-state index contributed by atoms with van der Waals surface area (Å²) in [4.78, 5) is 4.51. The van der Waals surface area contributed by atoms with Gasteiger partial charge >= 0.3 is 0 Å². The molecular formula is C19H17ClN2O3S. The van der Waals surface area contributed by atoms with Crippen molar-refractivity contribution in [1.82, 2.24) is 9.29 Å². The fraction of sp³-hybridized carbons (Fsp3) is 0.211. The number of hydrogen-bond acceptors (Lipinski definition) is 4. The third-order valence-corrected chi connectivity index (χ3v) is 6.82. The maximum Gasteiger partial charge on any atom is 0.244 e. The van der Waals surface area contributed by atoms with E-state index in [0.29, 0.717) is 18.7 Å². The lowest BCUT2D eigenvalue weighted by Gasteiger charge is -2.18. The van der Waals surface area contributed by atoms with E-state index in [0.717, 1.165) is 10.9 Å². The third kappa shape index (κ3) is 3.16. The van der Waals surface area contributed by atoms with Crippen molar-refractivity contribution in [2.24, 2.45) is 0 Å². The van der Waals surface area contributed by atoms with Crippen molar-refractivity contribution in [2.45, 2.75) is 17.4 Å². The van der Waals surface area contributed by atoms with Crippen LogP contribution in [0, 0.1) is 0 Å². The highest BCUT2D eigenvalue weighted by atomic mass is 35.5. The van der Waals surface area contributed by atoms with Gasteiger partial charge in [-0.1, -0.05) is 41.9 Å². The lowest BCUT2D eigenvalue weighted by molar-refractivity contribution is 0.218. The molecule has 0 saturated carbocycles. The van der Waals surface area contributed by atoms with Crippen LogP contribution in [0.2, 0.25) is 5.02 Å². The van der Waals surface area contributed by atoms with Crippen LogP contribution in [0.3, 0.4) is 0 Å². The van der Waals surface area contributed by atoms with Crippen LogP contribution < -0.4 is 4.74 Å². The second-order valence-electron chi connectivity index (χ2n) is 6.15. The average Bonchev–Trinajstić information content (AvgIpc) is 3.12. The predicted octanol–water partition coefficient (Wildman–Crippen LogP) is 3.73. The zero-order chi connectivity index (χ0) is 18.1. The van der Waals surface area contributed by atoms with Gasteiger partial charge in [0.15, 0.2) is 0 Å². The van der Waals surface area contributed by atoms with Crippen molar-refractivity contribution in [2.75, 3.05) is 13.1 Å². The highest BCUT2D eigenvalue weighted by Gasteiger charge is 2.34. The first-order chi connectivity index (χ1) is 12.6. The first kappa shape index (κ1) is 17.3. The summed E-state index contributed by atoms with van der Waals surface area (Å²) in [5.74, 6) is 0.671. The number of fused-ring (bicyclic) bond motifs is 1. The van der Waals surface area contributed by atoms with E-state index < -0.39 is 10.0 Å². The quantitative estimate of drug-likeness (QED) is 0.683. The molecule has 1 aliphatic heterocycles. The number of para-hydroxylation sites is 1. The van der Waals surface area contributed by atoms with Crippen LogP contribution >= 0.6 is 11.6 Å². The Labute approximate surface area is 157 Å². The van der Waals surface area contributed by atoms with E-state index in [9.17, 15) is 8.42 Å². The van der Waals surface area contributed by atoms with Crippen molar-refractivity contribution in [1.29, 1.82) is 0 Å². The lowest BCUT2D eigenvalue weighted by atomic mass is 10.2. The van der Waals surface area contributed by atoms with Gasteiger partial charge in [0.25, 0.3) is 0 Å². The highest BCUT2D eigenvalue weighted by Crippen LogP contribution is 2.30. The molecule has 7 heteroatoms. The Morgan fingerprint density at radius 2 is 1.88 bits per heavy atom. The normalized spacial score (nSPS) is 18.3. The topological polar surface area (TPSA) is 59.5 Å². The van der Waals surface area contributed by atoms with Crippen molar-refractivity contribution >= 4 is 32.5 Å². The molecule has 1 fully saturated rings. The summed E-state index contributed by atoms with van der Waals surface area (Å²) in [7, 11) is -3.63. The van der Waals surface area contributed by atoms with Gasteiger partial charge in [-0.15, -0.1) is 0 Å². The number of benzene rings is 2. The summed E-state index contributed by atoms with van der Waals surface area (Å²) in [6.07, 6.45) is 2.12. The SMILES string of the molecule is O=S(=O)(c1ccccc1Cl)N1CC[C@H](Oc2cccc3cccnc23)C1. The van der Waals surface area contributed by atoms with Crippen LogP contribution in [0.25, 0.3) is 10.9 Å². The first-order valence-electron chi connectivity index (χ1n) is 8.31. The van der Waals surface area contributed by atoms with Crippen molar-refractivity contribution in [3.63, 3.8) is 0 Å². The first-order valence-corrected chi connectivity index (χ1v) is 10.1. The number of rotatable bonds is 4. The van der Waals surface area contributed by atoms with Crippen molar-refractivity contribution in [3.05, 3.63) is 65.8 Å². The van der Waals surface area contributed by atoms with Crippen LogP contribution in [0.1, 0.15) is 6.42 Å². The van der Waals surface area contributed by atoms with E-state index in [4.69, 9.17) is 16.3 Å². The Kier molecular flexibility index (Phi) is 4.56. The second-order valence-corrected chi connectivity index (χ2v) is 8.47. The van der Waals surface area contributed by atoms with Gasteiger partial charge < -0.3 is 4.74 Å². The van der Waals surface area contributed by atoms with Gasteiger partial charge in [-0.2, -0.15) is 4.31 Å². The zero-order valence-electron chi connectivity index (χ0n) is 13.9. The molecule has 1 aliphatic rings. The summed E-state index contributed by atoms with van der Waals surface area (Å²) in [6, 6.07) is 16.1. The smallest absolute Gasteiger partial charge is 0.244 e. The van der Waals surface area contributed by atoms with Gasteiger partial charge in [0.1, 0.15) is 22.3 Å². The maximum absolute atomic E-state index is 12.8. The Morgan fingerprint density at radius 1 is 1.08 bits per heavy atom. The minimum Gasteiger partial charge on any atom is -0.487 e. The van der Waals surface area contributed by atoms with Gasteiger partial charge in [0, 0.05) is 18.1 Å². The molecule has 0 N–H and O–H groups in total. The largest absolute Gasteiger partial charge is 0.487 e. The number of nitrogens with zero attached hydrogens (tertiary/aromatic N) is 2. The molecule has 0 aliphatic carbocycles. The van der Waals surface area contributed by atoms with Crippen molar-refractivity contribution in [3.8, 4) is 5.75 Å². The number of hydrogen-bond donors (Lipinski definition) is 0. The van der Waals surface area contributed by atoms with Crippen LogP contribution in [-0.2, 0) is 10.0 Å². The number of halogens is 1. The molecule has 0 spiro atoms. The number of ether oxygens (including phenoxy) is 1. The summed E-state index contributed by atoms with van der Waals surface area (Å²) in [5, 5.41) is 1.22. The van der Waals surface area contributed by atoms with E-state index in [-0.39, 0.29) is 22.6 Å². The van der Waals surface area contributed by atoms with Gasteiger partial charge in [0.05, 0.1) is 11.6 Å². The molecule has 0 radical (unpaired) electrons. The molecule has 1 saturated heterocycles. The third-order valence-electron chi connectivity index (χ3n) is 4.45. The zero-order valence-corrected chi connectivity index (χ0v) is 15.4. The van der Waals surface area contributed by atoms with Gasteiger partial charge in [-0.25, -0.2) is 8.42 Å². The Bertz CT molecular complexity index is 1050. The van der Waals surface area contributed by atoms with Gasteiger partial charge in [-0.3, -0.25) is 4.98 Å². The fourth-order valence-electron chi connectivity index (χ4n) is 3.16. The average molecular weight is 389 g/mol. The Balaban J connectivity index is 1.55. The molecule has 5 nitrogen and oxygen atoms in total. The number of aromatic nitrogens is 1. The summed E-state index contributed by atoms with van der Waals surface area (Å²) < 4.78 is 33.2. The standard InChI is InChI=1S/C19H17ClN2O3S/c20-16-7-1-2-9-18(16)26(23,24)22-12-10-15(13-22)25-17-8-3-5-14-6-4-11-21-19(14)17/h1-9,11,15H,10,12-13H2/t15-/m0/s1. The number of sulfonamides is 1. The molecule has 3 aromatic rings. The Hall–Kier alpha value is -2.15. The monoisotopic (exact) mass is 388 g/mol. The molecule has 0 unspecified atom stereocenters. The fourth-order valence-corrected chi connectivity index (χ4v) is 5.14. The molecule has 1 atom stereocenters. The van der Waals surface area contributed by atoms with E-state index in [1.807, 2.05) is 30.3 Å². The predicted molar refractivity (Wildman–Crippen MR) is 101 cm³/mol. The van der Waals surface area contributed by atoms with Crippen molar-refractivity contribution < 1.29 is 13.2 Å². The van der Waals surface area contributed by atoms with E-state index in [1.54, 1.807) is 24.4 Å². The summed E-state index contributed by atoms with van der Waals surface area (Å²) >= 11 is 6.07. The van der Waals surface area contributed by atoms with Crippen LogP contribution in [-0.4, -0.2) is 36.9 Å². The molecule has 2 heterocycles. The molecule has 0 amide bonds. The van der Waals surface area contributed by atoms with Crippen LogP contribution in [0.4, 0.5) is 0 Å². The highest BCUT2D eigenvalue weighted by molar-refractivity contribution is 7.89. The minimum absolute atomic E-state index is 0.133. The molecule has 0 bridgehead atoms. The summed E-state index contributed by atoms with van der Waals surface area (Å²) in [5.41, 5.74) is 0.780. The molecule has 134 valence electrons. The molecule has 26 heavy (non-hydrogen) atoms. The van der Waals surface area contributed by atoms with Crippen LogP contribution in [0.15, 0.2) is 65.7 Å². The molecular weight excluding hydrogens is 372 g/mol. The van der Waals surface area contributed by atoms with E-state index in [2.05, 4.69) is 4.98 Å². The Morgan fingerprint density at radius 3 is 2.73 bits per heavy atom.